The molecule has 0 radical (unpaired) electrons. The van der Waals surface area contributed by atoms with Gasteiger partial charge in [-0.15, -0.1) is 5.10 Å². The molecule has 13 nitrogen and oxygen atoms in total. The third-order valence-electron chi connectivity index (χ3n) is 6.56. The van der Waals surface area contributed by atoms with Crippen molar-refractivity contribution in [1.82, 2.24) is 25.4 Å². The van der Waals surface area contributed by atoms with Gasteiger partial charge in [0, 0.05) is 19.5 Å². The summed E-state index contributed by atoms with van der Waals surface area (Å²) in [5.41, 5.74) is 5.11. The lowest BCUT2D eigenvalue weighted by Crippen LogP contribution is -2.38. The first-order valence-electron chi connectivity index (χ1n) is 15.6. The normalized spacial score (nSPS) is 20.3. The van der Waals surface area contributed by atoms with Gasteiger partial charge in [-0.05, 0) is 44.9 Å². The molecule has 0 aliphatic carbocycles. The summed E-state index contributed by atoms with van der Waals surface area (Å²) in [6.45, 7) is 2.14. The third-order valence-corrected chi connectivity index (χ3v) is 6.56. The zero-order valence-electron chi connectivity index (χ0n) is 26.4. The molecular weight excluding hydrogens is 592 g/mol. The minimum Gasteiger partial charge on any atom is -0.447 e. The number of aliphatic hydroxyl groups is 2. The molecule has 2 rings (SSSR count). The molecule has 3 amide bonds. The molecule has 0 saturated carbocycles. The highest BCUT2D eigenvalue weighted by Crippen LogP contribution is 2.28. The zero-order valence-corrected chi connectivity index (χ0v) is 26.4. The van der Waals surface area contributed by atoms with Gasteiger partial charge < -0.3 is 36.1 Å². The van der Waals surface area contributed by atoms with Crippen LogP contribution in [0.3, 0.4) is 0 Å². The molecule has 1 fully saturated rings. The average molecular weight is 641 g/mol. The third kappa shape index (κ3) is 15.6. The summed E-state index contributed by atoms with van der Waals surface area (Å²) in [6.07, 6.45) is 27.6. The summed E-state index contributed by atoms with van der Waals surface area (Å²) in [5.74, 6) is -1.26. The van der Waals surface area contributed by atoms with E-state index < -0.39 is 36.5 Å². The summed E-state index contributed by atoms with van der Waals surface area (Å²) in [4.78, 5) is 38.8. The second-order valence-corrected chi connectivity index (χ2v) is 10.3. The fourth-order valence-corrected chi connectivity index (χ4v) is 4.11. The lowest BCUT2D eigenvalue weighted by atomic mass is 10.1. The van der Waals surface area contributed by atoms with E-state index in [4.69, 9.17) is 15.2 Å². The fourth-order valence-electron chi connectivity index (χ4n) is 4.11. The standard InChI is InChI=1S/C33H48N6O7/c1-2-3-4-5-6-7-8-9-10-11-12-13-14-15-16-17-18-19-20-21-27(40)35-22-23-36-33(44)45-24-26-28(41)29(42)32(46-26)39-25-37-31(38-39)30(34)43/h3-4,6-7,9-10,12-13,15-16,18-19,25-26,28-29,32,41-42H,2,5,8,11,14,17,20-24H2,1H3,(H2,34,43)(H,35,40)(H,36,44)/b4-3-,7-6-,10-9-,13-12-,16-15-,19-18-/t26-,28-,29-,32-/m1/s1. The predicted molar refractivity (Wildman–Crippen MR) is 174 cm³/mol. The van der Waals surface area contributed by atoms with Crippen LogP contribution in [-0.4, -0.2) is 80.9 Å². The molecular formula is C33H48N6O7. The lowest BCUT2D eigenvalue weighted by molar-refractivity contribution is -0.120. The van der Waals surface area contributed by atoms with Crippen molar-refractivity contribution in [2.45, 2.75) is 82.8 Å². The van der Waals surface area contributed by atoms with Gasteiger partial charge in [-0.2, -0.15) is 0 Å². The van der Waals surface area contributed by atoms with Gasteiger partial charge in [0.25, 0.3) is 5.91 Å². The number of amides is 3. The number of ether oxygens (including phenoxy) is 2. The Labute approximate surface area is 270 Å². The van der Waals surface area contributed by atoms with E-state index in [1.165, 1.54) is 0 Å². The molecule has 1 saturated heterocycles. The van der Waals surface area contributed by atoms with Gasteiger partial charge in [0.1, 0.15) is 31.2 Å². The van der Waals surface area contributed by atoms with Crippen molar-refractivity contribution in [3.8, 4) is 0 Å². The Balaban J connectivity index is 1.46. The molecule has 4 atom stereocenters. The van der Waals surface area contributed by atoms with Crippen LogP contribution in [-0.2, 0) is 14.3 Å². The van der Waals surface area contributed by atoms with Crippen LogP contribution in [0.5, 0.6) is 0 Å². The fraction of sp³-hybridized carbons (Fsp3) is 0.485. The molecule has 1 aliphatic rings. The second kappa shape index (κ2) is 23.1. The van der Waals surface area contributed by atoms with Gasteiger partial charge in [-0.25, -0.2) is 14.5 Å². The summed E-state index contributed by atoms with van der Waals surface area (Å²) in [5, 5.41) is 29.5. The number of carbonyl (C=O) groups is 3. The Hall–Kier alpha value is -4.33. The molecule has 0 bridgehead atoms. The van der Waals surface area contributed by atoms with Crippen molar-refractivity contribution >= 4 is 17.9 Å². The average Bonchev–Trinajstić information content (AvgIpc) is 3.64. The molecule has 1 aromatic heterocycles. The van der Waals surface area contributed by atoms with Gasteiger partial charge in [0.15, 0.2) is 6.23 Å². The van der Waals surface area contributed by atoms with Crippen LogP contribution in [0.15, 0.2) is 79.2 Å². The number of hydrogen-bond donors (Lipinski definition) is 5. The first-order chi connectivity index (χ1) is 22.3. The molecule has 6 N–H and O–H groups in total. The highest BCUT2D eigenvalue weighted by atomic mass is 16.6. The second-order valence-electron chi connectivity index (χ2n) is 10.3. The van der Waals surface area contributed by atoms with E-state index in [1.807, 2.05) is 12.2 Å². The van der Waals surface area contributed by atoms with Gasteiger partial charge in [-0.3, -0.25) is 9.59 Å². The summed E-state index contributed by atoms with van der Waals surface area (Å²) in [6, 6.07) is 0. The number of aliphatic hydroxyl groups excluding tert-OH is 2. The Morgan fingerprint density at radius 1 is 0.870 bits per heavy atom. The smallest absolute Gasteiger partial charge is 0.407 e. The zero-order chi connectivity index (χ0) is 33.4. The van der Waals surface area contributed by atoms with Crippen LogP contribution >= 0.6 is 0 Å². The molecule has 1 aliphatic heterocycles. The van der Waals surface area contributed by atoms with Crippen molar-refractivity contribution in [3.63, 3.8) is 0 Å². The first-order valence-corrected chi connectivity index (χ1v) is 15.6. The minimum atomic E-state index is -1.40. The molecule has 13 heteroatoms. The van der Waals surface area contributed by atoms with E-state index in [2.05, 4.69) is 88.4 Å². The summed E-state index contributed by atoms with van der Waals surface area (Å²) >= 11 is 0. The van der Waals surface area contributed by atoms with Crippen LogP contribution < -0.4 is 16.4 Å². The van der Waals surface area contributed by atoms with E-state index in [0.717, 1.165) is 49.5 Å². The van der Waals surface area contributed by atoms with Gasteiger partial charge in [-0.1, -0.05) is 79.8 Å². The number of nitrogens with one attached hydrogen (secondary N) is 2. The number of rotatable bonds is 21. The topological polar surface area (TPSA) is 191 Å². The van der Waals surface area contributed by atoms with Gasteiger partial charge in [0.2, 0.25) is 11.7 Å². The van der Waals surface area contributed by atoms with Crippen LogP contribution in [0.4, 0.5) is 4.79 Å². The molecule has 1 aromatic rings. The Morgan fingerprint density at radius 2 is 1.41 bits per heavy atom. The number of carbonyl (C=O) groups excluding carboxylic acids is 3. The molecule has 46 heavy (non-hydrogen) atoms. The summed E-state index contributed by atoms with van der Waals surface area (Å²) < 4.78 is 11.6. The number of alkyl carbamates (subject to hydrolysis) is 1. The Morgan fingerprint density at radius 3 is 1.96 bits per heavy atom. The SMILES string of the molecule is CC/C=C\C/C=C\C/C=C\C/C=C\C/C=C\C/C=C\CCC(=O)NCCNC(=O)OC[C@H]1O[C@@H](n2cnc(C(N)=O)n2)[C@H](O)[C@@H]1O. The van der Waals surface area contributed by atoms with E-state index in [0.29, 0.717) is 12.8 Å². The predicted octanol–water partition coefficient (Wildman–Crippen LogP) is 3.32. The van der Waals surface area contributed by atoms with Crippen molar-refractivity contribution < 1.29 is 34.1 Å². The molecule has 2 heterocycles. The maximum atomic E-state index is 12.0. The Bertz CT molecular complexity index is 1240. The highest BCUT2D eigenvalue weighted by molar-refractivity contribution is 5.88. The number of primary amides is 1. The molecule has 0 aromatic carbocycles. The van der Waals surface area contributed by atoms with E-state index >= 15 is 0 Å². The summed E-state index contributed by atoms with van der Waals surface area (Å²) in [7, 11) is 0. The quantitative estimate of drug-likeness (QED) is 0.0991. The largest absolute Gasteiger partial charge is 0.447 e. The number of aromatic nitrogens is 3. The van der Waals surface area contributed by atoms with E-state index in [1.54, 1.807) is 0 Å². The van der Waals surface area contributed by atoms with Crippen LogP contribution in [0.1, 0.15) is 75.1 Å². The van der Waals surface area contributed by atoms with Crippen molar-refractivity contribution in [3.05, 3.63) is 85.1 Å². The molecule has 252 valence electrons. The van der Waals surface area contributed by atoms with Crippen molar-refractivity contribution in [2.75, 3.05) is 19.7 Å². The van der Waals surface area contributed by atoms with Gasteiger partial charge in [0.05, 0.1) is 0 Å². The Kier molecular flexibility index (Phi) is 19.0. The number of hydrogen-bond acceptors (Lipinski definition) is 9. The minimum absolute atomic E-state index is 0.134. The van der Waals surface area contributed by atoms with Crippen LogP contribution in [0, 0.1) is 0 Å². The van der Waals surface area contributed by atoms with Crippen LogP contribution in [0.25, 0.3) is 0 Å². The molecule has 0 spiro atoms. The monoisotopic (exact) mass is 640 g/mol. The lowest BCUT2D eigenvalue weighted by Gasteiger charge is -2.15. The highest BCUT2D eigenvalue weighted by Gasteiger charge is 2.45. The molecule has 0 unspecified atom stereocenters. The number of nitrogens with zero attached hydrogens (tertiary/aromatic N) is 3. The maximum absolute atomic E-state index is 12.0. The van der Waals surface area contributed by atoms with Crippen LogP contribution in [0.2, 0.25) is 0 Å². The van der Waals surface area contributed by atoms with E-state index in [9.17, 15) is 24.6 Å². The van der Waals surface area contributed by atoms with Crippen molar-refractivity contribution in [2.24, 2.45) is 5.73 Å². The maximum Gasteiger partial charge on any atom is 0.407 e. The van der Waals surface area contributed by atoms with E-state index in [-0.39, 0.29) is 31.4 Å². The number of nitrogens with two attached hydrogens (primary N) is 1. The first kappa shape index (κ1) is 37.9. The van der Waals surface area contributed by atoms with Gasteiger partial charge >= 0.3 is 6.09 Å². The van der Waals surface area contributed by atoms with Crippen molar-refractivity contribution in [1.29, 1.82) is 0 Å². The number of allylic oxidation sites excluding steroid dienone is 12.